The molecule has 0 saturated carbocycles. The van der Waals surface area contributed by atoms with E-state index in [2.05, 4.69) is 36.8 Å². The third-order valence-corrected chi connectivity index (χ3v) is 4.68. The quantitative estimate of drug-likeness (QED) is 0.833. The van der Waals surface area contributed by atoms with Crippen LogP contribution in [0, 0.1) is 0 Å². The van der Waals surface area contributed by atoms with E-state index in [0.29, 0.717) is 0 Å². The normalized spacial score (nSPS) is 22.7. The molecule has 104 valence electrons. The Labute approximate surface area is 122 Å². The first-order valence-electron chi connectivity index (χ1n) is 7.02. The summed E-state index contributed by atoms with van der Waals surface area (Å²) in [7, 11) is 0. The number of ether oxygens (including phenoxy) is 1. The first-order chi connectivity index (χ1) is 9.34. The molecule has 0 bridgehead atoms. The number of aromatic nitrogens is 1. The molecule has 0 N–H and O–H groups in total. The van der Waals surface area contributed by atoms with Crippen LogP contribution in [0.25, 0.3) is 0 Å². The molecule has 2 aliphatic rings. The standard InChI is InChI=1S/C14H20BrN3O/c15-13-2-1-5-16-14(13)18-8-6-17(7-9-18)12-3-10-19-11-4-12/h1-2,5,12H,3-4,6-11H2. The van der Waals surface area contributed by atoms with Gasteiger partial charge in [0.25, 0.3) is 0 Å². The molecule has 5 heteroatoms. The molecular weight excluding hydrogens is 306 g/mol. The topological polar surface area (TPSA) is 28.6 Å². The van der Waals surface area contributed by atoms with Crippen LogP contribution in [0.2, 0.25) is 0 Å². The van der Waals surface area contributed by atoms with Crippen molar-refractivity contribution in [3.8, 4) is 0 Å². The molecule has 0 atom stereocenters. The van der Waals surface area contributed by atoms with Gasteiger partial charge in [0.2, 0.25) is 0 Å². The first-order valence-corrected chi connectivity index (χ1v) is 7.81. The summed E-state index contributed by atoms with van der Waals surface area (Å²) in [5.41, 5.74) is 0. The van der Waals surface area contributed by atoms with Gasteiger partial charge in [-0.2, -0.15) is 0 Å². The molecule has 0 spiro atoms. The average Bonchev–Trinajstić information content (AvgIpc) is 2.49. The Balaban J connectivity index is 1.58. The molecule has 2 aliphatic heterocycles. The molecule has 3 rings (SSSR count). The number of hydrogen-bond acceptors (Lipinski definition) is 4. The van der Waals surface area contributed by atoms with Crippen molar-refractivity contribution in [1.29, 1.82) is 0 Å². The van der Waals surface area contributed by atoms with Crippen molar-refractivity contribution in [2.45, 2.75) is 18.9 Å². The highest BCUT2D eigenvalue weighted by Gasteiger charge is 2.26. The Morgan fingerprint density at radius 2 is 1.89 bits per heavy atom. The third kappa shape index (κ3) is 3.09. The van der Waals surface area contributed by atoms with Gasteiger partial charge in [-0.15, -0.1) is 0 Å². The number of halogens is 1. The van der Waals surface area contributed by atoms with E-state index in [1.807, 2.05) is 12.3 Å². The van der Waals surface area contributed by atoms with Crippen LogP contribution >= 0.6 is 15.9 Å². The Morgan fingerprint density at radius 3 is 2.58 bits per heavy atom. The van der Waals surface area contributed by atoms with Crippen LogP contribution in [0.3, 0.4) is 0 Å². The Hall–Kier alpha value is -0.650. The maximum absolute atomic E-state index is 5.44. The number of hydrogen-bond donors (Lipinski definition) is 0. The van der Waals surface area contributed by atoms with Crippen molar-refractivity contribution < 1.29 is 4.74 Å². The molecular formula is C14H20BrN3O. The van der Waals surface area contributed by atoms with Crippen molar-refractivity contribution in [2.75, 3.05) is 44.3 Å². The summed E-state index contributed by atoms with van der Waals surface area (Å²) < 4.78 is 6.54. The van der Waals surface area contributed by atoms with Crippen molar-refractivity contribution in [1.82, 2.24) is 9.88 Å². The fraction of sp³-hybridized carbons (Fsp3) is 0.643. The van der Waals surface area contributed by atoms with Crippen molar-refractivity contribution >= 4 is 21.7 Å². The highest BCUT2D eigenvalue weighted by Crippen LogP contribution is 2.25. The van der Waals surface area contributed by atoms with Gasteiger partial charge in [0.15, 0.2) is 0 Å². The minimum absolute atomic E-state index is 0.725. The van der Waals surface area contributed by atoms with Crippen LogP contribution in [0.4, 0.5) is 5.82 Å². The maximum atomic E-state index is 5.44. The minimum atomic E-state index is 0.725. The van der Waals surface area contributed by atoms with Gasteiger partial charge in [0.1, 0.15) is 5.82 Å². The summed E-state index contributed by atoms with van der Waals surface area (Å²) in [6.07, 6.45) is 4.24. The lowest BCUT2D eigenvalue weighted by atomic mass is 10.1. The minimum Gasteiger partial charge on any atom is -0.381 e. The van der Waals surface area contributed by atoms with Crippen LogP contribution in [-0.4, -0.2) is 55.3 Å². The van der Waals surface area contributed by atoms with E-state index < -0.39 is 0 Å². The molecule has 1 aromatic heterocycles. The zero-order valence-corrected chi connectivity index (χ0v) is 12.7. The molecule has 2 fully saturated rings. The summed E-state index contributed by atoms with van der Waals surface area (Å²) in [5, 5.41) is 0. The van der Waals surface area contributed by atoms with Crippen LogP contribution in [0.15, 0.2) is 22.8 Å². The smallest absolute Gasteiger partial charge is 0.142 e. The summed E-state index contributed by atoms with van der Waals surface area (Å²) in [4.78, 5) is 9.48. The van der Waals surface area contributed by atoms with E-state index in [4.69, 9.17) is 4.74 Å². The Kier molecular flexibility index (Phi) is 4.35. The van der Waals surface area contributed by atoms with Crippen LogP contribution in [-0.2, 0) is 4.74 Å². The van der Waals surface area contributed by atoms with Crippen molar-refractivity contribution in [3.63, 3.8) is 0 Å². The second kappa shape index (κ2) is 6.20. The number of pyridine rings is 1. The second-order valence-electron chi connectivity index (χ2n) is 5.18. The number of rotatable bonds is 2. The van der Waals surface area contributed by atoms with E-state index in [9.17, 15) is 0 Å². The Bertz CT molecular complexity index is 415. The molecule has 19 heavy (non-hydrogen) atoms. The summed E-state index contributed by atoms with van der Waals surface area (Å²) >= 11 is 3.59. The van der Waals surface area contributed by atoms with Gasteiger partial charge in [-0.3, -0.25) is 4.90 Å². The molecule has 0 amide bonds. The molecule has 1 aromatic rings. The average molecular weight is 326 g/mol. The number of piperazine rings is 1. The molecule has 3 heterocycles. The molecule has 4 nitrogen and oxygen atoms in total. The highest BCUT2D eigenvalue weighted by molar-refractivity contribution is 9.10. The summed E-state index contributed by atoms with van der Waals surface area (Å²) in [5.74, 6) is 1.08. The maximum Gasteiger partial charge on any atom is 0.142 e. The fourth-order valence-corrected chi connectivity index (χ4v) is 3.46. The van der Waals surface area contributed by atoms with Crippen molar-refractivity contribution in [2.24, 2.45) is 0 Å². The largest absolute Gasteiger partial charge is 0.381 e. The van der Waals surface area contributed by atoms with E-state index in [-0.39, 0.29) is 0 Å². The predicted octanol–water partition coefficient (Wildman–Crippen LogP) is 2.15. The third-order valence-electron chi connectivity index (χ3n) is 4.06. The monoisotopic (exact) mass is 325 g/mol. The van der Waals surface area contributed by atoms with E-state index in [0.717, 1.165) is 55.7 Å². The highest BCUT2D eigenvalue weighted by atomic mass is 79.9. The lowest BCUT2D eigenvalue weighted by Gasteiger charge is -2.41. The van der Waals surface area contributed by atoms with Crippen LogP contribution in [0.5, 0.6) is 0 Å². The molecule has 2 saturated heterocycles. The van der Waals surface area contributed by atoms with E-state index in [1.165, 1.54) is 12.8 Å². The summed E-state index contributed by atoms with van der Waals surface area (Å²) in [6.45, 7) is 6.24. The van der Waals surface area contributed by atoms with Crippen molar-refractivity contribution in [3.05, 3.63) is 22.8 Å². The SMILES string of the molecule is Brc1cccnc1N1CCN(C2CCOCC2)CC1. The lowest BCUT2D eigenvalue weighted by molar-refractivity contribution is 0.0321. The van der Waals surface area contributed by atoms with Gasteiger partial charge in [0, 0.05) is 51.6 Å². The predicted molar refractivity (Wildman–Crippen MR) is 79.6 cm³/mol. The molecule has 0 radical (unpaired) electrons. The number of anilines is 1. The fourth-order valence-electron chi connectivity index (χ4n) is 2.96. The molecule has 0 aromatic carbocycles. The van der Waals surface area contributed by atoms with Gasteiger partial charge in [-0.25, -0.2) is 4.98 Å². The van der Waals surface area contributed by atoms with Crippen LogP contribution in [0.1, 0.15) is 12.8 Å². The van der Waals surface area contributed by atoms with Gasteiger partial charge < -0.3 is 9.64 Å². The van der Waals surface area contributed by atoms with Gasteiger partial charge in [0.05, 0.1) is 4.47 Å². The zero-order chi connectivity index (χ0) is 13.1. The van der Waals surface area contributed by atoms with Gasteiger partial charge in [-0.05, 0) is 40.9 Å². The number of nitrogens with zero attached hydrogens (tertiary/aromatic N) is 3. The zero-order valence-electron chi connectivity index (χ0n) is 11.1. The van der Waals surface area contributed by atoms with Gasteiger partial charge in [-0.1, -0.05) is 0 Å². The molecule has 0 aliphatic carbocycles. The first kappa shape index (κ1) is 13.3. The molecule has 0 unspecified atom stereocenters. The van der Waals surface area contributed by atoms with E-state index in [1.54, 1.807) is 0 Å². The van der Waals surface area contributed by atoms with Crippen LogP contribution < -0.4 is 4.90 Å². The lowest BCUT2D eigenvalue weighted by Crippen LogP contribution is -2.51. The Morgan fingerprint density at radius 1 is 1.16 bits per heavy atom. The van der Waals surface area contributed by atoms with E-state index >= 15 is 0 Å². The second-order valence-corrected chi connectivity index (χ2v) is 6.03. The summed E-state index contributed by atoms with van der Waals surface area (Å²) in [6, 6.07) is 4.75. The van der Waals surface area contributed by atoms with Gasteiger partial charge >= 0.3 is 0 Å².